The predicted octanol–water partition coefficient (Wildman–Crippen LogP) is 2.28. The first-order valence-corrected chi connectivity index (χ1v) is 7.79. The Morgan fingerprint density at radius 3 is 2.32 bits per heavy atom. The maximum atomic E-state index is 12.4. The van der Waals surface area contributed by atoms with E-state index in [1.807, 2.05) is 23.1 Å². The molecular weight excluding hydrogens is 280 g/mol. The Balaban J connectivity index is 1.83. The average Bonchev–Trinajstić information content (AvgIpc) is 2.75. The van der Waals surface area contributed by atoms with Crippen molar-refractivity contribution in [2.75, 3.05) is 18.4 Å². The van der Waals surface area contributed by atoms with Crippen molar-refractivity contribution < 1.29 is 4.79 Å². The van der Waals surface area contributed by atoms with E-state index in [-0.39, 0.29) is 11.7 Å². The van der Waals surface area contributed by atoms with E-state index >= 15 is 0 Å². The first kappa shape index (κ1) is 14.7. The van der Waals surface area contributed by atoms with Gasteiger partial charge in [-0.05, 0) is 31.0 Å². The lowest BCUT2D eigenvalue weighted by molar-refractivity contribution is 0.214. The fourth-order valence-corrected chi connectivity index (χ4v) is 3.06. The Morgan fingerprint density at radius 2 is 1.64 bits per heavy atom. The van der Waals surface area contributed by atoms with Gasteiger partial charge in [0.25, 0.3) is 0 Å². The van der Waals surface area contributed by atoms with Crippen LogP contribution in [-0.2, 0) is 14.1 Å². The maximum Gasteiger partial charge on any atom is 0.328 e. The molecule has 0 bridgehead atoms. The minimum atomic E-state index is -0.0639. The number of hydrogen-bond donors (Lipinski definition) is 1. The van der Waals surface area contributed by atoms with Crippen LogP contribution in [0.5, 0.6) is 0 Å². The lowest BCUT2D eigenvalue weighted by Crippen LogP contribution is -2.35. The van der Waals surface area contributed by atoms with E-state index in [1.54, 1.807) is 23.2 Å². The topological polar surface area (TPSA) is 59.3 Å². The van der Waals surface area contributed by atoms with E-state index in [1.165, 1.54) is 12.8 Å². The minimum Gasteiger partial charge on any atom is -0.325 e. The Hall–Kier alpha value is -2.24. The summed E-state index contributed by atoms with van der Waals surface area (Å²) >= 11 is 0. The summed E-state index contributed by atoms with van der Waals surface area (Å²) in [5.41, 5.74) is 2.34. The van der Waals surface area contributed by atoms with E-state index in [2.05, 4.69) is 5.32 Å². The molecule has 1 aromatic carbocycles. The highest BCUT2D eigenvalue weighted by atomic mass is 16.2. The third-order valence-corrected chi connectivity index (χ3v) is 4.42. The first-order chi connectivity index (χ1) is 10.6. The zero-order valence-corrected chi connectivity index (χ0v) is 13.1. The molecule has 1 aliphatic rings. The third-order valence-electron chi connectivity index (χ3n) is 4.42. The molecule has 6 nitrogen and oxygen atoms in total. The van der Waals surface area contributed by atoms with Gasteiger partial charge in [-0.1, -0.05) is 12.8 Å². The van der Waals surface area contributed by atoms with Gasteiger partial charge in [0, 0.05) is 32.9 Å². The van der Waals surface area contributed by atoms with Crippen molar-refractivity contribution in [3.63, 3.8) is 0 Å². The molecule has 0 spiro atoms. The molecule has 1 saturated heterocycles. The van der Waals surface area contributed by atoms with Crippen LogP contribution in [0.15, 0.2) is 23.0 Å². The number of carbonyl (C=O) groups is 1. The van der Waals surface area contributed by atoms with Crippen molar-refractivity contribution in [3.05, 3.63) is 28.7 Å². The number of urea groups is 1. The van der Waals surface area contributed by atoms with Gasteiger partial charge in [0.2, 0.25) is 0 Å². The van der Waals surface area contributed by atoms with E-state index < -0.39 is 0 Å². The van der Waals surface area contributed by atoms with Crippen LogP contribution in [0.4, 0.5) is 10.5 Å². The van der Waals surface area contributed by atoms with Crippen molar-refractivity contribution >= 4 is 22.8 Å². The highest BCUT2D eigenvalue weighted by molar-refractivity contribution is 5.92. The van der Waals surface area contributed by atoms with Gasteiger partial charge in [-0.15, -0.1) is 0 Å². The second-order valence-electron chi connectivity index (χ2n) is 5.94. The van der Waals surface area contributed by atoms with Crippen LogP contribution in [0.25, 0.3) is 11.0 Å². The second-order valence-corrected chi connectivity index (χ2v) is 5.94. The summed E-state index contributed by atoms with van der Waals surface area (Å²) in [6.45, 7) is 1.63. The van der Waals surface area contributed by atoms with Gasteiger partial charge in [0.05, 0.1) is 11.0 Å². The number of fused-ring (bicyclic) bond motifs is 1. The first-order valence-electron chi connectivity index (χ1n) is 7.79. The minimum absolute atomic E-state index is 0.0535. The Bertz CT molecular complexity index is 751. The normalized spacial score (nSPS) is 15.8. The van der Waals surface area contributed by atoms with Crippen LogP contribution in [-0.4, -0.2) is 33.2 Å². The van der Waals surface area contributed by atoms with E-state index in [4.69, 9.17) is 0 Å². The standard InChI is InChI=1S/C16H22N4O2/c1-18-13-8-7-12(11-14(13)19(2)16(18)22)17-15(21)20-9-5-3-4-6-10-20/h7-8,11H,3-6,9-10H2,1-2H3,(H,17,21). The molecule has 0 aliphatic carbocycles. The monoisotopic (exact) mass is 302 g/mol. The number of aromatic nitrogens is 2. The van der Waals surface area contributed by atoms with Crippen LogP contribution in [0.1, 0.15) is 25.7 Å². The van der Waals surface area contributed by atoms with Crippen molar-refractivity contribution in [2.45, 2.75) is 25.7 Å². The number of nitrogens with one attached hydrogen (secondary N) is 1. The Morgan fingerprint density at radius 1 is 1.00 bits per heavy atom. The fourth-order valence-electron chi connectivity index (χ4n) is 3.06. The summed E-state index contributed by atoms with van der Waals surface area (Å²) in [7, 11) is 3.49. The van der Waals surface area contributed by atoms with E-state index in [0.717, 1.165) is 42.7 Å². The number of likely N-dealkylation sites (tertiary alicyclic amines) is 1. The van der Waals surface area contributed by atoms with Crippen LogP contribution in [0, 0.1) is 0 Å². The summed E-state index contributed by atoms with van der Waals surface area (Å²) in [5.74, 6) is 0. The molecule has 3 rings (SSSR count). The summed E-state index contributed by atoms with van der Waals surface area (Å²) in [6.07, 6.45) is 4.53. The largest absolute Gasteiger partial charge is 0.328 e. The van der Waals surface area contributed by atoms with E-state index in [9.17, 15) is 9.59 Å². The molecule has 118 valence electrons. The number of hydrogen-bond acceptors (Lipinski definition) is 2. The molecule has 1 fully saturated rings. The van der Waals surface area contributed by atoms with Crippen LogP contribution < -0.4 is 11.0 Å². The zero-order valence-electron chi connectivity index (χ0n) is 13.1. The maximum absolute atomic E-state index is 12.4. The highest BCUT2D eigenvalue weighted by Crippen LogP contribution is 2.18. The SMILES string of the molecule is Cn1c(=O)n(C)c2cc(NC(=O)N3CCCCCC3)ccc21. The highest BCUT2D eigenvalue weighted by Gasteiger charge is 2.16. The van der Waals surface area contributed by atoms with Crippen molar-refractivity contribution in [3.8, 4) is 0 Å². The fraction of sp³-hybridized carbons (Fsp3) is 0.500. The molecule has 6 heteroatoms. The van der Waals surface area contributed by atoms with Crippen molar-refractivity contribution in [2.24, 2.45) is 14.1 Å². The quantitative estimate of drug-likeness (QED) is 0.878. The Labute approximate surface area is 129 Å². The molecule has 2 amide bonds. The molecule has 0 radical (unpaired) electrons. The average molecular weight is 302 g/mol. The van der Waals surface area contributed by atoms with Gasteiger partial charge >= 0.3 is 11.7 Å². The number of aryl methyl sites for hydroxylation is 2. The van der Waals surface area contributed by atoms with Crippen molar-refractivity contribution in [1.29, 1.82) is 0 Å². The van der Waals surface area contributed by atoms with Crippen LogP contribution >= 0.6 is 0 Å². The second kappa shape index (κ2) is 5.87. The predicted molar refractivity (Wildman–Crippen MR) is 87.2 cm³/mol. The van der Waals surface area contributed by atoms with Crippen LogP contribution in [0.2, 0.25) is 0 Å². The van der Waals surface area contributed by atoms with Crippen LogP contribution in [0.3, 0.4) is 0 Å². The molecule has 2 heterocycles. The molecule has 1 aliphatic heterocycles. The number of nitrogens with zero attached hydrogens (tertiary/aromatic N) is 3. The van der Waals surface area contributed by atoms with E-state index in [0.29, 0.717) is 0 Å². The van der Waals surface area contributed by atoms with Gasteiger partial charge in [-0.25, -0.2) is 9.59 Å². The van der Waals surface area contributed by atoms with Crippen molar-refractivity contribution in [1.82, 2.24) is 14.0 Å². The molecular formula is C16H22N4O2. The lowest BCUT2D eigenvalue weighted by Gasteiger charge is -2.20. The molecule has 2 aromatic rings. The number of imidazole rings is 1. The summed E-state index contributed by atoms with van der Waals surface area (Å²) in [4.78, 5) is 26.2. The summed E-state index contributed by atoms with van der Waals surface area (Å²) in [6, 6.07) is 5.51. The number of carbonyl (C=O) groups excluding carboxylic acids is 1. The van der Waals surface area contributed by atoms with Gasteiger partial charge in [-0.2, -0.15) is 0 Å². The molecule has 0 atom stereocenters. The molecule has 22 heavy (non-hydrogen) atoms. The summed E-state index contributed by atoms with van der Waals surface area (Å²) < 4.78 is 3.20. The summed E-state index contributed by atoms with van der Waals surface area (Å²) in [5, 5.41) is 2.95. The molecule has 0 saturated carbocycles. The number of amides is 2. The third kappa shape index (κ3) is 2.61. The molecule has 0 unspecified atom stereocenters. The number of anilines is 1. The van der Waals surface area contributed by atoms with Gasteiger partial charge in [-0.3, -0.25) is 9.13 Å². The number of benzene rings is 1. The zero-order chi connectivity index (χ0) is 15.7. The lowest BCUT2D eigenvalue weighted by atomic mass is 10.2. The van der Waals surface area contributed by atoms with Gasteiger partial charge in [0.15, 0.2) is 0 Å². The molecule has 1 aromatic heterocycles. The van der Waals surface area contributed by atoms with Gasteiger partial charge < -0.3 is 10.2 Å². The number of rotatable bonds is 1. The van der Waals surface area contributed by atoms with Gasteiger partial charge in [0.1, 0.15) is 0 Å². The Kier molecular flexibility index (Phi) is 3.92. The molecule has 1 N–H and O–H groups in total. The smallest absolute Gasteiger partial charge is 0.325 e.